The summed E-state index contributed by atoms with van der Waals surface area (Å²) in [5.74, 6) is -0.0167. The molecule has 0 heterocycles. The minimum Gasteiger partial charge on any atom is -0.393 e. The van der Waals surface area contributed by atoms with Crippen LogP contribution in [0.4, 0.5) is 0 Å². The van der Waals surface area contributed by atoms with Gasteiger partial charge in [-0.2, -0.15) is 0 Å². The van der Waals surface area contributed by atoms with Crippen molar-refractivity contribution in [2.75, 3.05) is 33.7 Å². The van der Waals surface area contributed by atoms with Crippen LogP contribution in [-0.2, 0) is 4.79 Å². The van der Waals surface area contributed by atoms with Crippen LogP contribution in [0.1, 0.15) is 12.0 Å². The van der Waals surface area contributed by atoms with Crippen molar-refractivity contribution in [1.82, 2.24) is 9.80 Å². The lowest BCUT2D eigenvalue weighted by Gasteiger charge is -2.23. The van der Waals surface area contributed by atoms with Gasteiger partial charge in [0.05, 0.1) is 4.99 Å². The lowest BCUT2D eigenvalue weighted by molar-refractivity contribution is -0.126. The van der Waals surface area contributed by atoms with Crippen LogP contribution < -0.4 is 5.73 Å². The van der Waals surface area contributed by atoms with Gasteiger partial charge in [-0.05, 0) is 25.7 Å². The maximum atomic E-state index is 12.3. The molecule has 0 aliphatic rings. The van der Waals surface area contributed by atoms with Gasteiger partial charge >= 0.3 is 0 Å². The molecule has 4 nitrogen and oxygen atoms in total. The average Bonchev–Trinajstić information content (AvgIpc) is 2.45. The number of hydrogen-bond donors (Lipinski definition) is 1. The summed E-state index contributed by atoms with van der Waals surface area (Å²) in [7, 11) is 3.96. The summed E-state index contributed by atoms with van der Waals surface area (Å²) >= 11 is 4.89. The Kier molecular flexibility index (Phi) is 7.64. The highest BCUT2D eigenvalue weighted by molar-refractivity contribution is 7.80. The monoisotopic (exact) mass is 305 g/mol. The molecule has 0 bridgehead atoms. The number of nitrogens with zero attached hydrogens (tertiary/aromatic N) is 2. The Morgan fingerprint density at radius 2 is 1.86 bits per heavy atom. The van der Waals surface area contributed by atoms with Crippen molar-refractivity contribution in [1.29, 1.82) is 0 Å². The molecule has 0 aromatic heterocycles. The summed E-state index contributed by atoms with van der Waals surface area (Å²) in [6.07, 6.45) is 3.98. The highest BCUT2D eigenvalue weighted by atomic mass is 32.1. The summed E-state index contributed by atoms with van der Waals surface area (Å²) in [6, 6.07) is 9.76. The molecule has 2 N–H and O–H groups in total. The SMILES string of the molecule is CN(C)CCN(CCC(N)=S)C(=O)/C=C/c1ccccc1. The second kappa shape index (κ2) is 9.26. The number of carbonyl (C=O) groups is 1. The number of likely N-dealkylation sites (N-methyl/N-ethyl adjacent to an activating group) is 1. The van der Waals surface area contributed by atoms with Gasteiger partial charge in [0.15, 0.2) is 0 Å². The van der Waals surface area contributed by atoms with E-state index < -0.39 is 0 Å². The normalized spacial score (nSPS) is 11.0. The average molecular weight is 305 g/mol. The van der Waals surface area contributed by atoms with Gasteiger partial charge in [-0.25, -0.2) is 0 Å². The molecule has 0 saturated heterocycles. The summed E-state index contributed by atoms with van der Waals surface area (Å²) in [5, 5.41) is 0. The highest BCUT2D eigenvalue weighted by Gasteiger charge is 2.11. The van der Waals surface area contributed by atoms with E-state index in [1.165, 1.54) is 0 Å². The number of amides is 1. The first kappa shape index (κ1) is 17.3. The number of thiocarbonyl (C=S) groups is 1. The van der Waals surface area contributed by atoms with E-state index in [9.17, 15) is 4.79 Å². The third kappa shape index (κ3) is 7.58. The van der Waals surface area contributed by atoms with Crippen molar-refractivity contribution in [3.05, 3.63) is 42.0 Å². The molecule has 0 radical (unpaired) electrons. The van der Waals surface area contributed by atoms with Gasteiger partial charge in [0.1, 0.15) is 0 Å². The smallest absolute Gasteiger partial charge is 0.246 e. The molecule has 0 spiro atoms. The van der Waals surface area contributed by atoms with E-state index in [4.69, 9.17) is 18.0 Å². The molecule has 21 heavy (non-hydrogen) atoms. The van der Waals surface area contributed by atoms with Crippen LogP contribution in [0.15, 0.2) is 36.4 Å². The summed E-state index contributed by atoms with van der Waals surface area (Å²) in [6.45, 7) is 2.02. The molecule has 114 valence electrons. The Morgan fingerprint density at radius 1 is 1.19 bits per heavy atom. The van der Waals surface area contributed by atoms with Crippen molar-refractivity contribution in [3.8, 4) is 0 Å². The van der Waals surface area contributed by atoms with Gasteiger partial charge in [-0.3, -0.25) is 4.79 Å². The van der Waals surface area contributed by atoms with Crippen molar-refractivity contribution >= 4 is 29.2 Å². The topological polar surface area (TPSA) is 49.6 Å². The zero-order valence-corrected chi connectivity index (χ0v) is 13.5. The van der Waals surface area contributed by atoms with Crippen LogP contribution in [0.5, 0.6) is 0 Å². The van der Waals surface area contributed by atoms with E-state index in [-0.39, 0.29) is 5.91 Å². The predicted molar refractivity (Wildman–Crippen MR) is 92.0 cm³/mol. The van der Waals surface area contributed by atoms with Crippen molar-refractivity contribution in [2.24, 2.45) is 5.73 Å². The maximum absolute atomic E-state index is 12.3. The molecule has 0 fully saturated rings. The minimum absolute atomic E-state index is 0.0167. The highest BCUT2D eigenvalue weighted by Crippen LogP contribution is 2.03. The largest absolute Gasteiger partial charge is 0.393 e. The van der Waals surface area contributed by atoms with Crippen LogP contribution in [0.25, 0.3) is 6.08 Å². The fourth-order valence-corrected chi connectivity index (χ4v) is 1.83. The van der Waals surface area contributed by atoms with Crippen LogP contribution >= 0.6 is 12.2 Å². The van der Waals surface area contributed by atoms with E-state index in [1.54, 1.807) is 11.0 Å². The van der Waals surface area contributed by atoms with E-state index in [1.807, 2.05) is 55.4 Å². The predicted octanol–water partition coefficient (Wildman–Crippen LogP) is 1.77. The Bertz CT molecular complexity index is 486. The Balaban J connectivity index is 2.64. The number of hydrogen-bond acceptors (Lipinski definition) is 3. The van der Waals surface area contributed by atoms with Crippen molar-refractivity contribution < 1.29 is 4.79 Å². The lowest BCUT2D eigenvalue weighted by atomic mass is 10.2. The molecular weight excluding hydrogens is 282 g/mol. The number of carbonyl (C=O) groups excluding carboxylic acids is 1. The lowest BCUT2D eigenvalue weighted by Crippen LogP contribution is -2.37. The van der Waals surface area contributed by atoms with Gasteiger partial charge in [-0.1, -0.05) is 42.5 Å². The second-order valence-electron chi connectivity index (χ2n) is 5.09. The summed E-state index contributed by atoms with van der Waals surface area (Å²) in [4.78, 5) is 16.5. The minimum atomic E-state index is -0.0167. The van der Waals surface area contributed by atoms with E-state index in [2.05, 4.69) is 0 Å². The van der Waals surface area contributed by atoms with Gasteiger partial charge in [0.25, 0.3) is 0 Å². The van der Waals surface area contributed by atoms with Crippen LogP contribution in [0.2, 0.25) is 0 Å². The second-order valence-corrected chi connectivity index (χ2v) is 5.61. The molecule has 0 saturated carbocycles. The molecule has 0 aliphatic carbocycles. The first-order chi connectivity index (χ1) is 9.99. The number of benzene rings is 1. The molecule has 0 unspecified atom stereocenters. The molecule has 0 aliphatic heterocycles. The quantitative estimate of drug-likeness (QED) is 0.587. The standard InChI is InChI=1S/C16H23N3OS/c1-18(2)12-13-19(11-10-15(17)21)16(20)9-8-14-6-4-3-5-7-14/h3-9H,10-13H2,1-2H3,(H2,17,21)/b9-8+. The molecule has 5 heteroatoms. The molecule has 0 atom stereocenters. The summed E-state index contributed by atoms with van der Waals surface area (Å²) < 4.78 is 0. The Labute approximate surface area is 132 Å². The van der Waals surface area contributed by atoms with Gasteiger partial charge in [0.2, 0.25) is 5.91 Å². The van der Waals surface area contributed by atoms with Crippen molar-refractivity contribution in [3.63, 3.8) is 0 Å². The third-order valence-corrected chi connectivity index (χ3v) is 3.18. The zero-order chi connectivity index (χ0) is 15.7. The molecule has 1 aromatic carbocycles. The fourth-order valence-electron chi connectivity index (χ4n) is 1.74. The fraction of sp³-hybridized carbons (Fsp3) is 0.375. The van der Waals surface area contributed by atoms with Crippen molar-refractivity contribution in [2.45, 2.75) is 6.42 Å². The maximum Gasteiger partial charge on any atom is 0.246 e. The molecule has 1 aromatic rings. The zero-order valence-electron chi connectivity index (χ0n) is 12.7. The van der Waals surface area contributed by atoms with Crippen LogP contribution in [0.3, 0.4) is 0 Å². The molecule has 1 rings (SSSR count). The third-order valence-electron chi connectivity index (χ3n) is 2.97. The number of rotatable bonds is 8. The van der Waals surface area contributed by atoms with Gasteiger partial charge in [0, 0.05) is 32.1 Å². The van der Waals surface area contributed by atoms with E-state index in [0.29, 0.717) is 24.5 Å². The summed E-state index contributed by atoms with van der Waals surface area (Å²) in [5.41, 5.74) is 6.53. The molecular formula is C16H23N3OS. The van der Waals surface area contributed by atoms with E-state index >= 15 is 0 Å². The van der Waals surface area contributed by atoms with Crippen LogP contribution in [0, 0.1) is 0 Å². The Hall–Kier alpha value is -1.72. The first-order valence-corrected chi connectivity index (χ1v) is 7.35. The van der Waals surface area contributed by atoms with E-state index in [0.717, 1.165) is 12.1 Å². The molecule has 1 amide bonds. The Morgan fingerprint density at radius 3 is 2.43 bits per heavy atom. The van der Waals surface area contributed by atoms with Gasteiger partial charge < -0.3 is 15.5 Å². The van der Waals surface area contributed by atoms with Crippen LogP contribution in [-0.4, -0.2) is 54.4 Å². The van der Waals surface area contributed by atoms with Gasteiger partial charge in [-0.15, -0.1) is 0 Å². The number of nitrogens with two attached hydrogens (primary N) is 1. The first-order valence-electron chi connectivity index (χ1n) is 6.94.